The topological polar surface area (TPSA) is 38.2 Å². The minimum absolute atomic E-state index is 0.743. The van der Waals surface area contributed by atoms with Gasteiger partial charge in [-0.05, 0) is 46.8 Å². The van der Waals surface area contributed by atoms with Crippen molar-refractivity contribution in [2.75, 3.05) is 4.90 Å². The zero-order valence-electron chi connectivity index (χ0n) is 23.7. The molecule has 4 nitrogen and oxygen atoms in total. The van der Waals surface area contributed by atoms with E-state index >= 15 is 0 Å². The number of nitrogens with zero attached hydrogens (tertiary/aromatic N) is 3. The van der Waals surface area contributed by atoms with Crippen molar-refractivity contribution in [1.29, 1.82) is 0 Å². The van der Waals surface area contributed by atoms with Gasteiger partial charge in [0.05, 0.1) is 34.4 Å². The summed E-state index contributed by atoms with van der Waals surface area (Å²) in [4.78, 5) is 17.1. The molecule has 0 radical (unpaired) electrons. The molecule has 0 saturated heterocycles. The van der Waals surface area contributed by atoms with E-state index in [0.717, 1.165) is 39.9 Å². The second-order valence-corrected chi connectivity index (χ2v) is 17.6. The summed E-state index contributed by atoms with van der Waals surface area (Å²) in [6, 6.07) is 40.4. The van der Waals surface area contributed by atoms with Gasteiger partial charge in [-0.15, -0.1) is 0 Å². The van der Waals surface area contributed by atoms with E-state index < -0.39 is 8.07 Å². The van der Waals surface area contributed by atoms with Gasteiger partial charge in [0.2, 0.25) is 0 Å². The standard InChI is InChI=1S/C36H27N3OS2Si/c1-43(2)32-20-9-6-16-28(32)40-35-26(14-11-21-33(35)43)39(34-23-37-25(22-38-34)24-12-4-3-5-13-24)27-15-10-19-31-36(27)42-30-18-8-7-17-29(30)41-31/h3-23H,1-2H3. The van der Waals surface area contributed by atoms with E-state index in [4.69, 9.17) is 14.7 Å². The van der Waals surface area contributed by atoms with E-state index in [0.29, 0.717) is 0 Å². The Bertz CT molecular complexity index is 2000. The Morgan fingerprint density at radius 3 is 2.09 bits per heavy atom. The molecule has 6 aromatic rings. The van der Waals surface area contributed by atoms with Gasteiger partial charge in [-0.3, -0.25) is 9.88 Å². The van der Waals surface area contributed by atoms with E-state index in [1.807, 2.05) is 54.1 Å². The molecule has 8 rings (SSSR count). The molecule has 0 bridgehead atoms. The van der Waals surface area contributed by atoms with Crippen LogP contribution in [0.3, 0.4) is 0 Å². The third kappa shape index (κ3) is 4.47. The maximum Gasteiger partial charge on any atom is 0.156 e. The highest BCUT2D eigenvalue weighted by atomic mass is 32.2. The Morgan fingerprint density at radius 1 is 0.605 bits per heavy atom. The normalized spacial score (nSPS) is 14.0. The monoisotopic (exact) mass is 609 g/mol. The van der Waals surface area contributed by atoms with Crippen LogP contribution in [0.15, 0.2) is 147 Å². The molecular weight excluding hydrogens is 583 g/mol. The number of hydrogen-bond donors (Lipinski definition) is 0. The van der Waals surface area contributed by atoms with Crippen LogP contribution in [-0.4, -0.2) is 18.0 Å². The molecule has 2 aliphatic heterocycles. The average molecular weight is 610 g/mol. The third-order valence-electron chi connectivity index (χ3n) is 8.10. The summed E-state index contributed by atoms with van der Waals surface area (Å²) in [5.74, 6) is 2.59. The smallest absolute Gasteiger partial charge is 0.156 e. The SMILES string of the molecule is C[Si]1(C)c2ccccc2Oc2c(N(c3cnc(-c4ccccc4)cn3)c3cccc4c3Sc3ccccc3S4)cccc21. The molecule has 0 N–H and O–H groups in total. The third-order valence-corrected chi connectivity index (χ3v) is 14.2. The Morgan fingerprint density at radius 2 is 1.28 bits per heavy atom. The molecule has 2 aliphatic rings. The zero-order chi connectivity index (χ0) is 29.0. The first-order valence-electron chi connectivity index (χ1n) is 14.2. The second-order valence-electron chi connectivity index (χ2n) is 11.1. The molecular formula is C36H27N3OS2Si. The maximum absolute atomic E-state index is 6.79. The van der Waals surface area contributed by atoms with Gasteiger partial charge < -0.3 is 4.74 Å². The van der Waals surface area contributed by atoms with E-state index in [1.54, 1.807) is 0 Å². The Hall–Kier alpha value is -4.30. The van der Waals surface area contributed by atoms with Crippen molar-refractivity contribution in [3.05, 3.63) is 128 Å². The highest BCUT2D eigenvalue weighted by Crippen LogP contribution is 2.54. The van der Waals surface area contributed by atoms with Crippen molar-refractivity contribution < 1.29 is 4.74 Å². The van der Waals surface area contributed by atoms with Gasteiger partial charge in [0.25, 0.3) is 0 Å². The van der Waals surface area contributed by atoms with Crippen LogP contribution in [0.25, 0.3) is 11.3 Å². The van der Waals surface area contributed by atoms with Crippen molar-refractivity contribution in [3.8, 4) is 22.8 Å². The highest BCUT2D eigenvalue weighted by molar-refractivity contribution is 8.05. The highest BCUT2D eigenvalue weighted by Gasteiger charge is 2.38. The maximum atomic E-state index is 6.79. The summed E-state index contributed by atoms with van der Waals surface area (Å²) >= 11 is 3.63. The number of aromatic nitrogens is 2. The van der Waals surface area contributed by atoms with Gasteiger partial charge >= 0.3 is 0 Å². The van der Waals surface area contributed by atoms with Gasteiger partial charge in [-0.2, -0.15) is 0 Å². The fourth-order valence-electron chi connectivity index (χ4n) is 5.91. The predicted octanol–water partition coefficient (Wildman–Crippen LogP) is 9.16. The van der Waals surface area contributed by atoms with E-state index in [-0.39, 0.29) is 0 Å². The van der Waals surface area contributed by atoms with Crippen LogP contribution in [-0.2, 0) is 0 Å². The van der Waals surface area contributed by atoms with Crippen LogP contribution in [0.2, 0.25) is 13.1 Å². The molecule has 3 heterocycles. The van der Waals surface area contributed by atoms with E-state index in [2.05, 4.69) is 115 Å². The molecule has 0 spiro atoms. The summed E-state index contributed by atoms with van der Waals surface area (Å²) < 4.78 is 6.79. The first-order chi connectivity index (χ1) is 21.1. The number of ether oxygens (including phenoxy) is 1. The lowest BCUT2D eigenvalue weighted by Gasteiger charge is -2.36. The summed E-state index contributed by atoms with van der Waals surface area (Å²) in [6.45, 7) is 4.81. The molecule has 0 fully saturated rings. The molecule has 0 saturated carbocycles. The van der Waals surface area contributed by atoms with Crippen molar-refractivity contribution >= 4 is 59.2 Å². The molecule has 1 aromatic heterocycles. The number of para-hydroxylation sites is 2. The molecule has 5 aromatic carbocycles. The molecule has 0 atom stereocenters. The van der Waals surface area contributed by atoms with Crippen molar-refractivity contribution in [1.82, 2.24) is 9.97 Å². The number of anilines is 3. The van der Waals surface area contributed by atoms with Gasteiger partial charge in [0.1, 0.15) is 13.8 Å². The molecule has 0 amide bonds. The lowest BCUT2D eigenvalue weighted by molar-refractivity contribution is 0.487. The Labute approximate surface area is 260 Å². The van der Waals surface area contributed by atoms with Crippen molar-refractivity contribution in [2.24, 2.45) is 0 Å². The summed E-state index contributed by atoms with van der Waals surface area (Å²) in [5.41, 5.74) is 3.90. The van der Waals surface area contributed by atoms with Crippen molar-refractivity contribution in [3.63, 3.8) is 0 Å². The fraction of sp³-hybridized carbons (Fsp3) is 0.0556. The van der Waals surface area contributed by atoms with E-state index in [9.17, 15) is 0 Å². The molecule has 0 aliphatic carbocycles. The van der Waals surface area contributed by atoms with Crippen LogP contribution < -0.4 is 20.0 Å². The quantitative estimate of drug-likeness (QED) is 0.185. The van der Waals surface area contributed by atoms with Gasteiger partial charge in [-0.1, -0.05) is 115 Å². The van der Waals surface area contributed by atoms with Crippen molar-refractivity contribution in [2.45, 2.75) is 32.7 Å². The summed E-state index contributed by atoms with van der Waals surface area (Å²) in [6.07, 6.45) is 3.75. The number of benzene rings is 5. The first-order valence-corrected chi connectivity index (χ1v) is 18.9. The van der Waals surface area contributed by atoms with Gasteiger partial charge in [0.15, 0.2) is 11.6 Å². The lowest BCUT2D eigenvalue weighted by Crippen LogP contribution is -2.56. The summed E-state index contributed by atoms with van der Waals surface area (Å²) in [5, 5.41) is 2.60. The lowest BCUT2D eigenvalue weighted by atomic mass is 10.1. The first kappa shape index (κ1) is 26.3. The minimum Gasteiger partial charge on any atom is -0.455 e. The van der Waals surface area contributed by atoms with Crippen LogP contribution in [0, 0.1) is 0 Å². The van der Waals surface area contributed by atoms with E-state index in [1.165, 1.54) is 30.0 Å². The summed E-state index contributed by atoms with van der Waals surface area (Å²) in [7, 11) is -2.04. The average Bonchev–Trinajstić information content (AvgIpc) is 3.05. The van der Waals surface area contributed by atoms with Crippen LogP contribution in [0.5, 0.6) is 11.5 Å². The second kappa shape index (κ2) is 10.5. The Balaban J connectivity index is 1.33. The minimum atomic E-state index is -2.04. The van der Waals surface area contributed by atoms with Crippen LogP contribution in [0.4, 0.5) is 17.2 Å². The Kier molecular flexibility index (Phi) is 6.40. The fourth-order valence-corrected chi connectivity index (χ4v) is 11.1. The number of hydrogen-bond acceptors (Lipinski definition) is 6. The molecule has 43 heavy (non-hydrogen) atoms. The van der Waals surface area contributed by atoms with Gasteiger partial charge in [-0.25, -0.2) is 4.98 Å². The predicted molar refractivity (Wildman–Crippen MR) is 180 cm³/mol. The molecule has 7 heteroatoms. The number of fused-ring (bicyclic) bond motifs is 4. The zero-order valence-corrected chi connectivity index (χ0v) is 26.3. The van der Waals surface area contributed by atoms with Crippen LogP contribution in [0.1, 0.15) is 0 Å². The van der Waals surface area contributed by atoms with Gasteiger partial charge in [0, 0.05) is 20.2 Å². The molecule has 208 valence electrons. The molecule has 0 unspecified atom stereocenters. The largest absolute Gasteiger partial charge is 0.455 e. The van der Waals surface area contributed by atoms with Crippen LogP contribution >= 0.6 is 23.5 Å². The number of rotatable bonds is 4.